The molecule has 63 heavy (non-hydrogen) atoms. The number of ether oxygens (including phenoxy) is 3. The summed E-state index contributed by atoms with van der Waals surface area (Å²) in [7, 11) is 0. The fraction of sp³-hybridized carbons (Fsp3) is 0.549. The minimum absolute atomic E-state index is 0.0689. The van der Waals surface area contributed by atoms with Crippen molar-refractivity contribution in [1.29, 1.82) is 0 Å². The lowest BCUT2D eigenvalue weighted by Gasteiger charge is -2.41. The van der Waals surface area contributed by atoms with Crippen molar-refractivity contribution < 1.29 is 51.8 Å². The fourth-order valence-corrected chi connectivity index (χ4v) is 9.06. The van der Waals surface area contributed by atoms with Gasteiger partial charge in [0.1, 0.15) is 34.2 Å². The average Bonchev–Trinajstić information content (AvgIpc) is 3.74. The van der Waals surface area contributed by atoms with E-state index in [0.29, 0.717) is 53.7 Å². The number of benzene rings is 2. The van der Waals surface area contributed by atoms with E-state index in [1.54, 1.807) is 0 Å². The number of allylic oxidation sites excluding steroid dienone is 8. The van der Waals surface area contributed by atoms with Crippen LogP contribution in [0.5, 0.6) is 23.0 Å². The Bertz CT molecular complexity index is 2290. The number of hydrogen-bond donors (Lipinski definition) is 4. The topological polar surface area (TPSA) is 166 Å². The molecule has 6 rings (SSSR count). The van der Waals surface area contributed by atoms with Gasteiger partial charge in [-0.15, -0.1) is 0 Å². The highest BCUT2D eigenvalue weighted by Gasteiger charge is 2.46. The quantitative estimate of drug-likeness (QED) is 0.0791. The number of rotatable bonds is 19. The summed E-state index contributed by atoms with van der Waals surface area (Å²) in [6, 6.07) is 2.63. The Kier molecular flexibility index (Phi) is 14.0. The Morgan fingerprint density at radius 3 is 1.71 bits per heavy atom. The molecule has 12 heteroatoms. The molecule has 2 aromatic carbocycles. The number of carbonyl (C=O) groups excluding carboxylic acids is 3. The molecule has 4 aliphatic rings. The molecular formula is C51H68N2O10. The number of hydrogen-bond acceptors (Lipinski definition) is 10. The van der Waals surface area contributed by atoms with Crippen LogP contribution in [0.1, 0.15) is 165 Å². The molecule has 2 aromatic rings. The Hall–Kier alpha value is -5.07. The van der Waals surface area contributed by atoms with Gasteiger partial charge in [-0.05, 0) is 125 Å². The molecule has 0 saturated carbocycles. The van der Waals surface area contributed by atoms with Gasteiger partial charge in [0.2, 0.25) is 0 Å². The number of phenols is 2. The summed E-state index contributed by atoms with van der Waals surface area (Å²) in [5.74, 6) is -1.07. The molecule has 0 unspecified atom stereocenters. The van der Waals surface area contributed by atoms with Crippen molar-refractivity contribution in [2.24, 2.45) is 0 Å². The number of aromatic hydroxyl groups is 2. The van der Waals surface area contributed by atoms with Crippen LogP contribution in [0.3, 0.4) is 0 Å². The largest absolute Gasteiger partial charge is 0.508 e. The lowest BCUT2D eigenvalue weighted by Crippen LogP contribution is -2.49. The van der Waals surface area contributed by atoms with Gasteiger partial charge in [0.05, 0.1) is 36.4 Å². The molecule has 0 radical (unpaired) electrons. The molecule has 0 saturated heterocycles. The van der Waals surface area contributed by atoms with Crippen LogP contribution in [0.4, 0.5) is 0 Å². The van der Waals surface area contributed by atoms with Crippen LogP contribution in [0, 0.1) is 0 Å². The maximum Gasteiger partial charge on any atom is 0.295 e. The van der Waals surface area contributed by atoms with E-state index >= 15 is 0 Å². The van der Waals surface area contributed by atoms with Crippen molar-refractivity contribution in [3.8, 4) is 23.0 Å². The third kappa shape index (κ3) is 10.5. The first-order valence-corrected chi connectivity index (χ1v) is 22.4. The monoisotopic (exact) mass is 870 g/mol. The molecule has 342 valence electrons. The molecule has 0 aliphatic carbocycles. The highest BCUT2D eigenvalue weighted by Crippen LogP contribution is 2.48. The summed E-state index contributed by atoms with van der Waals surface area (Å²) in [5, 5.41) is 44.7. The van der Waals surface area contributed by atoms with Gasteiger partial charge in [0, 0.05) is 50.8 Å². The van der Waals surface area contributed by atoms with E-state index in [4.69, 9.17) is 17.0 Å². The van der Waals surface area contributed by atoms with Crippen LogP contribution in [-0.4, -0.2) is 84.6 Å². The third-order valence-electron chi connectivity index (χ3n) is 13.1. The van der Waals surface area contributed by atoms with E-state index in [1.165, 1.54) is 39.3 Å². The van der Waals surface area contributed by atoms with Crippen LogP contribution < -0.4 is 9.47 Å². The number of carbonyl (C=O) groups is 3. The van der Waals surface area contributed by atoms with Crippen molar-refractivity contribution >= 4 is 18.3 Å². The lowest BCUT2D eigenvalue weighted by molar-refractivity contribution is -0.141. The summed E-state index contributed by atoms with van der Waals surface area (Å²) in [6.07, 6.45) is 11.2. The standard InChI is InChI=1S/C51H68N2O10/c1-31(2)14-9-16-33(5)18-11-21-50(7)43(57)26-37-41(55)24-35-39(46(37)62-50)28-52(48(35)59)23-13-20-45(61-30-54)53-29-40-36(49(53)60)25-42(56)38-27-44(58)51(8,63-47(38)40)22-12-19-34(6)17-10-15-32(3)4/h14-15,18-19,24-25,30,43-45,55-58H,9-13,16-17,20-23,26-29H2,1-8H3/b33-18+,34-19+/t43-,44-,45+,50-,51-/m0/s1/i23D2. The van der Waals surface area contributed by atoms with Crippen molar-refractivity contribution in [3.05, 3.63) is 92.1 Å². The van der Waals surface area contributed by atoms with Gasteiger partial charge in [-0.2, -0.15) is 0 Å². The van der Waals surface area contributed by atoms with E-state index in [1.807, 2.05) is 13.8 Å². The summed E-state index contributed by atoms with van der Waals surface area (Å²) >= 11 is 0. The lowest BCUT2D eigenvalue weighted by atomic mass is 9.84. The first kappa shape index (κ1) is 44.5. The summed E-state index contributed by atoms with van der Waals surface area (Å²) in [4.78, 5) is 42.2. The number of aliphatic hydroxyl groups is 2. The van der Waals surface area contributed by atoms with Crippen molar-refractivity contribution in [3.63, 3.8) is 0 Å². The smallest absolute Gasteiger partial charge is 0.295 e. The summed E-state index contributed by atoms with van der Waals surface area (Å²) < 4.78 is 36.8. The van der Waals surface area contributed by atoms with Gasteiger partial charge in [0.25, 0.3) is 18.3 Å². The highest BCUT2D eigenvalue weighted by atomic mass is 16.5. The second-order valence-electron chi connectivity index (χ2n) is 18.8. The number of fused-ring (bicyclic) bond motifs is 6. The Morgan fingerprint density at radius 1 is 0.762 bits per heavy atom. The zero-order valence-electron chi connectivity index (χ0n) is 40.3. The molecule has 0 spiro atoms. The molecule has 0 aromatic heterocycles. The van der Waals surface area contributed by atoms with E-state index in [-0.39, 0.29) is 73.6 Å². The molecule has 5 atom stereocenters. The zero-order chi connectivity index (χ0) is 47.6. The molecule has 4 heterocycles. The molecule has 12 nitrogen and oxygen atoms in total. The molecular weight excluding hydrogens is 801 g/mol. The van der Waals surface area contributed by atoms with Gasteiger partial charge in [0.15, 0.2) is 6.23 Å². The Morgan fingerprint density at radius 2 is 1.24 bits per heavy atom. The Balaban J connectivity index is 1.15. The van der Waals surface area contributed by atoms with Gasteiger partial charge in [-0.25, -0.2) is 0 Å². The molecule has 4 N–H and O–H groups in total. The molecule has 0 bridgehead atoms. The summed E-state index contributed by atoms with van der Waals surface area (Å²) in [5.41, 5.74) is 4.77. The maximum atomic E-state index is 14.0. The maximum absolute atomic E-state index is 14.0. The van der Waals surface area contributed by atoms with Crippen molar-refractivity contribution in [1.82, 2.24) is 9.80 Å². The SMILES string of the molecule is [2H]C([2H])(CC[C@@H](OC=O)N1Cc2c(cc(O)c3c2O[C@@](C)(CC/C=C(\C)CCC=C(C)C)[C@@H](O)C3)C1=O)N1Cc2c(cc(O)c3c2O[C@@](C)(CC/C=C(\C)CCC=C(C)C)[C@@H](O)C3)C1=O. The van der Waals surface area contributed by atoms with Crippen LogP contribution in [0.2, 0.25) is 0 Å². The summed E-state index contributed by atoms with van der Waals surface area (Å²) in [6.45, 7) is 13.7. The fourth-order valence-electron chi connectivity index (χ4n) is 9.06. The average molecular weight is 871 g/mol. The Labute approximate surface area is 375 Å². The number of phenolic OH excluding ortho intramolecular Hbond substituents is 2. The molecule has 4 aliphatic heterocycles. The molecule has 2 amide bonds. The molecule has 0 fully saturated rings. The van der Waals surface area contributed by atoms with Crippen molar-refractivity contribution in [2.75, 3.05) is 6.50 Å². The minimum Gasteiger partial charge on any atom is -0.508 e. The predicted octanol–water partition coefficient (Wildman–Crippen LogP) is 9.04. The normalized spacial score (nSPS) is 24.0. The van der Waals surface area contributed by atoms with Gasteiger partial charge >= 0.3 is 0 Å². The van der Waals surface area contributed by atoms with Crippen LogP contribution >= 0.6 is 0 Å². The second-order valence-corrected chi connectivity index (χ2v) is 18.8. The van der Waals surface area contributed by atoms with E-state index < -0.39 is 47.9 Å². The minimum atomic E-state index is -2.32. The van der Waals surface area contributed by atoms with E-state index in [9.17, 15) is 34.8 Å². The zero-order valence-corrected chi connectivity index (χ0v) is 38.3. The van der Waals surface area contributed by atoms with Gasteiger partial charge in [-0.3, -0.25) is 19.3 Å². The van der Waals surface area contributed by atoms with Crippen LogP contribution in [-0.2, 0) is 35.5 Å². The van der Waals surface area contributed by atoms with Crippen LogP contribution in [0.15, 0.2) is 58.7 Å². The highest BCUT2D eigenvalue weighted by molar-refractivity contribution is 6.01. The number of amides is 2. The van der Waals surface area contributed by atoms with Gasteiger partial charge in [-0.1, -0.05) is 46.6 Å². The predicted molar refractivity (Wildman–Crippen MR) is 242 cm³/mol. The number of nitrogens with zero attached hydrogens (tertiary/aromatic N) is 2. The first-order chi connectivity index (χ1) is 30.6. The van der Waals surface area contributed by atoms with E-state index in [2.05, 4.69) is 65.8 Å². The van der Waals surface area contributed by atoms with Gasteiger partial charge < -0.3 is 39.5 Å². The second kappa shape index (κ2) is 19.8. The first-order valence-electron chi connectivity index (χ1n) is 23.4. The van der Waals surface area contributed by atoms with Crippen molar-refractivity contribution in [2.45, 2.75) is 175 Å². The van der Waals surface area contributed by atoms with Crippen LogP contribution in [0.25, 0.3) is 0 Å². The number of aliphatic hydroxyl groups excluding tert-OH is 2. The third-order valence-corrected chi connectivity index (χ3v) is 13.1. The van der Waals surface area contributed by atoms with E-state index in [0.717, 1.165) is 30.6 Å².